The molecule has 3 aliphatic heterocycles. The average Bonchev–Trinajstić information content (AvgIpc) is 3.57. The summed E-state index contributed by atoms with van der Waals surface area (Å²) < 4.78 is 11.4. The number of carbonyl (C=O) groups excluding carboxylic acids is 3. The van der Waals surface area contributed by atoms with Crippen LogP contribution >= 0.6 is 0 Å². The first-order chi connectivity index (χ1) is 18.1. The minimum atomic E-state index is -1.20. The number of hydrogen-bond acceptors (Lipinski definition) is 6. The van der Waals surface area contributed by atoms with Crippen molar-refractivity contribution in [2.24, 2.45) is 11.8 Å². The monoisotopic (exact) mass is 496 g/mol. The van der Waals surface area contributed by atoms with Crippen molar-refractivity contribution in [3.05, 3.63) is 96.1 Å². The molecule has 0 N–H and O–H groups in total. The number of rotatable bonds is 6. The maximum atomic E-state index is 14.1. The normalized spacial score (nSPS) is 26.7. The van der Waals surface area contributed by atoms with Crippen molar-refractivity contribution < 1.29 is 23.9 Å². The van der Waals surface area contributed by atoms with Crippen molar-refractivity contribution in [2.75, 3.05) is 18.6 Å². The highest BCUT2D eigenvalue weighted by molar-refractivity contribution is 6.24. The molecule has 0 aromatic heterocycles. The summed E-state index contributed by atoms with van der Waals surface area (Å²) in [5.41, 5.74) is 1.04. The number of esters is 1. The van der Waals surface area contributed by atoms with Gasteiger partial charge in [0, 0.05) is 6.04 Å². The summed E-state index contributed by atoms with van der Waals surface area (Å²) >= 11 is 0. The van der Waals surface area contributed by atoms with Crippen molar-refractivity contribution in [3.8, 4) is 5.75 Å². The molecule has 2 amide bonds. The SMILES string of the molecule is COc1cccc([C@@H]2[C@@H]3C(=O)N(c4ccccc4)C(=O)[C@@H]3[C@]3(C(=O)OCc4ccccc4)CCCN23)c1. The van der Waals surface area contributed by atoms with E-state index in [4.69, 9.17) is 9.47 Å². The van der Waals surface area contributed by atoms with E-state index in [2.05, 4.69) is 4.90 Å². The lowest BCUT2D eigenvalue weighted by atomic mass is 9.77. The Morgan fingerprint density at radius 1 is 0.946 bits per heavy atom. The van der Waals surface area contributed by atoms with E-state index in [1.807, 2.05) is 60.7 Å². The average molecular weight is 497 g/mol. The van der Waals surface area contributed by atoms with Gasteiger partial charge in [0.2, 0.25) is 11.8 Å². The first-order valence-electron chi connectivity index (χ1n) is 12.6. The van der Waals surface area contributed by atoms with E-state index < -0.39 is 29.4 Å². The van der Waals surface area contributed by atoms with Crippen LogP contribution in [0, 0.1) is 11.8 Å². The third-order valence-corrected chi connectivity index (χ3v) is 8.03. The molecule has 7 heteroatoms. The summed E-state index contributed by atoms with van der Waals surface area (Å²) in [6.07, 6.45) is 1.20. The fourth-order valence-corrected chi connectivity index (χ4v) is 6.53. The molecule has 3 aromatic carbocycles. The van der Waals surface area contributed by atoms with Gasteiger partial charge in [-0.05, 0) is 54.8 Å². The Kier molecular flexibility index (Phi) is 5.80. The number of carbonyl (C=O) groups is 3. The number of methoxy groups -OCH3 is 1. The van der Waals surface area contributed by atoms with E-state index in [0.29, 0.717) is 24.4 Å². The van der Waals surface area contributed by atoms with Gasteiger partial charge in [0.15, 0.2) is 0 Å². The van der Waals surface area contributed by atoms with Crippen LogP contribution in [0.2, 0.25) is 0 Å². The van der Waals surface area contributed by atoms with E-state index in [1.165, 1.54) is 4.90 Å². The molecule has 0 radical (unpaired) electrons. The van der Waals surface area contributed by atoms with Gasteiger partial charge in [0.05, 0.1) is 24.6 Å². The Balaban J connectivity index is 1.45. The molecule has 0 unspecified atom stereocenters. The molecule has 37 heavy (non-hydrogen) atoms. The lowest BCUT2D eigenvalue weighted by molar-refractivity contribution is -0.161. The highest BCUT2D eigenvalue weighted by Crippen LogP contribution is 2.60. The molecule has 7 nitrogen and oxygen atoms in total. The molecule has 0 bridgehead atoms. The van der Waals surface area contributed by atoms with Crippen molar-refractivity contribution >= 4 is 23.5 Å². The van der Waals surface area contributed by atoms with Gasteiger partial charge in [0.25, 0.3) is 0 Å². The summed E-state index contributed by atoms with van der Waals surface area (Å²) in [7, 11) is 1.60. The number of ether oxygens (including phenoxy) is 2. The number of hydrogen-bond donors (Lipinski definition) is 0. The summed E-state index contributed by atoms with van der Waals surface area (Å²) in [4.78, 5) is 45.4. The lowest BCUT2D eigenvalue weighted by Crippen LogP contribution is -2.54. The van der Waals surface area contributed by atoms with Gasteiger partial charge in [-0.1, -0.05) is 60.7 Å². The van der Waals surface area contributed by atoms with Gasteiger partial charge in [0.1, 0.15) is 17.9 Å². The molecule has 3 heterocycles. The Bertz CT molecular complexity index is 1340. The Hall–Kier alpha value is -3.97. The number of para-hydroxylation sites is 1. The van der Waals surface area contributed by atoms with Crippen LogP contribution in [0.15, 0.2) is 84.9 Å². The predicted molar refractivity (Wildman–Crippen MR) is 137 cm³/mol. The van der Waals surface area contributed by atoms with Crippen LogP contribution in [0.4, 0.5) is 5.69 Å². The zero-order valence-electron chi connectivity index (χ0n) is 20.6. The number of fused-ring (bicyclic) bond motifs is 3. The Morgan fingerprint density at radius 3 is 2.41 bits per heavy atom. The zero-order valence-corrected chi connectivity index (χ0v) is 20.6. The maximum absolute atomic E-state index is 14.1. The van der Waals surface area contributed by atoms with E-state index >= 15 is 0 Å². The second-order valence-electron chi connectivity index (χ2n) is 9.86. The number of anilines is 1. The largest absolute Gasteiger partial charge is 0.497 e. The van der Waals surface area contributed by atoms with E-state index in [1.54, 1.807) is 31.4 Å². The predicted octanol–water partition coefficient (Wildman–Crippen LogP) is 4.13. The smallest absolute Gasteiger partial charge is 0.327 e. The molecule has 0 spiro atoms. The van der Waals surface area contributed by atoms with E-state index in [-0.39, 0.29) is 18.4 Å². The van der Waals surface area contributed by atoms with Gasteiger partial charge in [-0.3, -0.25) is 19.3 Å². The van der Waals surface area contributed by atoms with Gasteiger partial charge in [-0.2, -0.15) is 0 Å². The van der Waals surface area contributed by atoms with Gasteiger partial charge in [-0.25, -0.2) is 4.90 Å². The maximum Gasteiger partial charge on any atom is 0.327 e. The number of amides is 2. The highest BCUT2D eigenvalue weighted by atomic mass is 16.5. The molecular weight excluding hydrogens is 468 g/mol. The van der Waals surface area contributed by atoms with Crippen LogP contribution < -0.4 is 9.64 Å². The number of imide groups is 1. The van der Waals surface area contributed by atoms with Crippen molar-refractivity contribution in [1.82, 2.24) is 4.90 Å². The summed E-state index contributed by atoms with van der Waals surface area (Å²) in [5, 5.41) is 0. The first-order valence-corrected chi connectivity index (χ1v) is 12.6. The summed E-state index contributed by atoms with van der Waals surface area (Å²) in [6.45, 7) is 0.711. The van der Waals surface area contributed by atoms with Crippen molar-refractivity contribution in [3.63, 3.8) is 0 Å². The number of nitrogens with zero attached hydrogens (tertiary/aromatic N) is 2. The Morgan fingerprint density at radius 2 is 1.68 bits per heavy atom. The second-order valence-corrected chi connectivity index (χ2v) is 9.86. The minimum Gasteiger partial charge on any atom is -0.497 e. The third-order valence-electron chi connectivity index (χ3n) is 8.03. The van der Waals surface area contributed by atoms with Crippen LogP contribution in [0.25, 0.3) is 0 Å². The molecule has 3 aliphatic rings. The summed E-state index contributed by atoms with van der Waals surface area (Å²) in [6, 6.07) is 25.6. The number of benzene rings is 3. The van der Waals surface area contributed by atoms with Crippen LogP contribution in [-0.4, -0.2) is 41.9 Å². The van der Waals surface area contributed by atoms with Crippen molar-refractivity contribution in [1.29, 1.82) is 0 Å². The van der Waals surface area contributed by atoms with Crippen LogP contribution in [-0.2, 0) is 25.7 Å². The fraction of sp³-hybridized carbons (Fsp3) is 0.300. The zero-order chi connectivity index (χ0) is 25.6. The summed E-state index contributed by atoms with van der Waals surface area (Å²) in [5.74, 6) is -1.93. The topological polar surface area (TPSA) is 76.1 Å². The highest BCUT2D eigenvalue weighted by Gasteiger charge is 2.73. The van der Waals surface area contributed by atoms with E-state index in [9.17, 15) is 14.4 Å². The molecular formula is C30H28N2O5. The molecule has 3 aromatic rings. The molecule has 3 fully saturated rings. The van der Waals surface area contributed by atoms with Crippen LogP contribution in [0.1, 0.15) is 30.0 Å². The Labute approximate surface area is 215 Å². The van der Waals surface area contributed by atoms with Gasteiger partial charge < -0.3 is 9.47 Å². The second kappa shape index (κ2) is 9.16. The molecule has 4 atom stereocenters. The molecule has 0 saturated carbocycles. The molecule has 0 aliphatic carbocycles. The van der Waals surface area contributed by atoms with Gasteiger partial charge in [-0.15, -0.1) is 0 Å². The standard InChI is InChI=1S/C30H28N2O5/c1-36-23-15-8-12-21(18-23)26-24-25(28(34)32(27(24)33)22-13-6-3-7-14-22)30(16-9-17-31(26)30)29(35)37-19-20-10-4-2-5-11-20/h2-8,10-15,18,24-26H,9,16-17,19H2,1H3/t24-,25-,26-,30+/m1/s1. The fourth-order valence-electron chi connectivity index (χ4n) is 6.53. The quantitative estimate of drug-likeness (QED) is 0.377. The first kappa shape index (κ1) is 23.4. The van der Waals surface area contributed by atoms with Crippen LogP contribution in [0.3, 0.4) is 0 Å². The third kappa shape index (κ3) is 3.56. The molecule has 6 rings (SSSR count). The molecule has 3 saturated heterocycles. The lowest BCUT2D eigenvalue weighted by Gasteiger charge is -2.36. The van der Waals surface area contributed by atoms with E-state index in [0.717, 1.165) is 17.5 Å². The van der Waals surface area contributed by atoms with Crippen molar-refractivity contribution in [2.45, 2.75) is 31.0 Å². The van der Waals surface area contributed by atoms with Gasteiger partial charge >= 0.3 is 5.97 Å². The minimum absolute atomic E-state index is 0.112. The van der Waals surface area contributed by atoms with Crippen LogP contribution in [0.5, 0.6) is 5.75 Å². The molecule has 188 valence electrons.